The number of fused-ring (bicyclic) bond motifs is 1. The van der Waals surface area contributed by atoms with Gasteiger partial charge in [0.15, 0.2) is 0 Å². The van der Waals surface area contributed by atoms with Crippen molar-refractivity contribution in [1.82, 2.24) is 4.98 Å². The number of carbonyl (C=O) groups excluding carboxylic acids is 1. The number of hydrogen-bond acceptors (Lipinski definition) is 4. The lowest BCUT2D eigenvalue weighted by Gasteiger charge is -2.29. The molecule has 0 bridgehead atoms. The van der Waals surface area contributed by atoms with E-state index in [9.17, 15) is 4.79 Å². The Hall–Kier alpha value is -3.05. The summed E-state index contributed by atoms with van der Waals surface area (Å²) in [5, 5.41) is 6.42. The van der Waals surface area contributed by atoms with Gasteiger partial charge in [-0.1, -0.05) is 95.0 Å². The van der Waals surface area contributed by atoms with Crippen LogP contribution in [0, 0.1) is 0 Å². The molecule has 2 aliphatic rings. The van der Waals surface area contributed by atoms with Crippen molar-refractivity contribution in [3.05, 3.63) is 82.4 Å². The number of hydrazone groups is 1. The zero-order valence-electron chi connectivity index (χ0n) is 21.2. The molecule has 0 radical (unpaired) electrons. The second-order valence-electron chi connectivity index (χ2n) is 8.88. The minimum absolute atomic E-state index is 0.0994. The Labute approximate surface area is 208 Å². The Morgan fingerprint density at radius 1 is 1.15 bits per heavy atom. The van der Waals surface area contributed by atoms with E-state index in [1.807, 2.05) is 26.8 Å². The molecule has 1 unspecified atom stereocenters. The Morgan fingerprint density at radius 2 is 1.85 bits per heavy atom. The van der Waals surface area contributed by atoms with Gasteiger partial charge in [-0.3, -0.25) is 4.79 Å². The molecule has 1 aromatic heterocycles. The first-order valence-corrected chi connectivity index (χ1v) is 12.8. The second kappa shape index (κ2) is 10.5. The summed E-state index contributed by atoms with van der Waals surface area (Å²) in [5.74, 6) is 0.360. The molecule has 1 aromatic carbocycles. The summed E-state index contributed by atoms with van der Waals surface area (Å²) in [4.78, 5) is 18.6. The Kier molecular flexibility index (Phi) is 7.88. The molecule has 0 saturated heterocycles. The molecule has 2 heterocycles. The average Bonchev–Trinajstić information content (AvgIpc) is 3.37. The maximum atomic E-state index is 13.2. The van der Waals surface area contributed by atoms with E-state index in [-0.39, 0.29) is 11.3 Å². The van der Waals surface area contributed by atoms with Crippen LogP contribution in [-0.2, 0) is 10.2 Å². The third-order valence-corrected chi connectivity index (χ3v) is 7.60. The van der Waals surface area contributed by atoms with Gasteiger partial charge in [0, 0.05) is 5.41 Å². The Balaban J connectivity index is 0.00000158. The molecule has 1 aliphatic carbocycles. The monoisotopic (exact) mass is 473 g/mol. The fourth-order valence-electron chi connectivity index (χ4n) is 4.54. The van der Waals surface area contributed by atoms with Crippen LogP contribution in [-0.4, -0.2) is 16.6 Å². The SMILES string of the molecule is C=Cc1nc(N2N=C(C)/C(=C\C=C3/CCC(C)c4ccccc4C3(C)C)C2=O)sc1C=C.CC. The number of aromatic nitrogens is 1. The fourth-order valence-corrected chi connectivity index (χ4v) is 5.41. The van der Waals surface area contributed by atoms with E-state index in [1.165, 1.54) is 33.0 Å². The van der Waals surface area contributed by atoms with Crippen molar-refractivity contribution in [1.29, 1.82) is 0 Å². The first-order chi connectivity index (χ1) is 16.3. The molecular formula is C29H35N3OS. The minimum atomic E-state index is -0.153. The van der Waals surface area contributed by atoms with Gasteiger partial charge >= 0.3 is 0 Å². The average molecular weight is 474 g/mol. The van der Waals surface area contributed by atoms with E-state index in [1.54, 1.807) is 12.2 Å². The quantitative estimate of drug-likeness (QED) is 0.334. The zero-order chi connectivity index (χ0) is 25.0. The summed E-state index contributed by atoms with van der Waals surface area (Å²) in [6, 6.07) is 8.74. The zero-order valence-corrected chi connectivity index (χ0v) is 22.0. The standard InChI is InChI=1S/C27H29N3OS.C2H6/c1-7-23-24(8-2)32-26(28-23)30-25(31)21(18(4)29-30)16-15-19-14-13-17(3)20-11-9-10-12-22(20)27(19,5)6;1-2/h7-12,15-17H,1-2,13-14H2,3-6H3;1-2H3/b19-15+,21-16+;. The van der Waals surface area contributed by atoms with Crippen LogP contribution in [0.25, 0.3) is 12.2 Å². The largest absolute Gasteiger partial charge is 0.282 e. The van der Waals surface area contributed by atoms with Crippen LogP contribution in [0.2, 0.25) is 0 Å². The van der Waals surface area contributed by atoms with Crippen molar-refractivity contribution in [3.8, 4) is 0 Å². The van der Waals surface area contributed by atoms with E-state index < -0.39 is 0 Å². The van der Waals surface area contributed by atoms with Crippen molar-refractivity contribution >= 4 is 40.2 Å². The number of nitrogens with zero attached hydrogens (tertiary/aromatic N) is 3. The van der Waals surface area contributed by atoms with Crippen LogP contribution in [0.1, 0.15) is 82.0 Å². The number of allylic oxidation sites excluding steroid dienone is 3. The third kappa shape index (κ3) is 4.62. The van der Waals surface area contributed by atoms with Gasteiger partial charge in [0.05, 0.1) is 21.9 Å². The van der Waals surface area contributed by atoms with Crippen LogP contribution in [0.15, 0.2) is 65.8 Å². The van der Waals surface area contributed by atoms with E-state index in [2.05, 4.69) is 74.4 Å². The Morgan fingerprint density at radius 3 is 2.50 bits per heavy atom. The minimum Gasteiger partial charge on any atom is -0.267 e. The molecule has 1 atom stereocenters. The molecule has 4 rings (SSSR count). The number of thiazole rings is 1. The number of rotatable bonds is 4. The first-order valence-electron chi connectivity index (χ1n) is 11.9. The highest BCUT2D eigenvalue weighted by molar-refractivity contribution is 7.16. The van der Waals surface area contributed by atoms with Gasteiger partial charge in [0.1, 0.15) is 0 Å². The molecule has 2 aromatic rings. The van der Waals surface area contributed by atoms with Crippen LogP contribution in [0.3, 0.4) is 0 Å². The van der Waals surface area contributed by atoms with Gasteiger partial charge in [-0.15, -0.1) is 0 Å². The van der Waals surface area contributed by atoms with E-state index in [4.69, 9.17) is 0 Å². The second-order valence-corrected chi connectivity index (χ2v) is 9.89. The molecule has 0 spiro atoms. The molecule has 0 N–H and O–H groups in total. The highest BCUT2D eigenvalue weighted by Crippen LogP contribution is 2.43. The fraction of sp³-hybridized carbons (Fsp3) is 0.345. The molecule has 178 valence electrons. The van der Waals surface area contributed by atoms with Gasteiger partial charge in [-0.25, -0.2) is 4.98 Å². The molecule has 5 heteroatoms. The Bertz CT molecular complexity index is 1170. The number of carbonyl (C=O) groups is 1. The van der Waals surface area contributed by atoms with Crippen LogP contribution >= 0.6 is 11.3 Å². The molecule has 0 saturated carbocycles. The molecule has 4 nitrogen and oxygen atoms in total. The summed E-state index contributed by atoms with van der Waals surface area (Å²) < 4.78 is 0. The summed E-state index contributed by atoms with van der Waals surface area (Å²) in [5.41, 5.74) is 6.05. The molecule has 0 fully saturated rings. The van der Waals surface area contributed by atoms with E-state index >= 15 is 0 Å². The van der Waals surface area contributed by atoms with Crippen LogP contribution < -0.4 is 5.01 Å². The summed E-state index contributed by atoms with van der Waals surface area (Å²) in [6.45, 7) is 20.3. The van der Waals surface area contributed by atoms with Crippen molar-refractivity contribution in [2.75, 3.05) is 5.01 Å². The van der Waals surface area contributed by atoms with Crippen molar-refractivity contribution < 1.29 is 4.79 Å². The lowest BCUT2D eigenvalue weighted by atomic mass is 9.75. The van der Waals surface area contributed by atoms with Gasteiger partial charge in [0.2, 0.25) is 5.13 Å². The first kappa shape index (κ1) is 25.6. The van der Waals surface area contributed by atoms with Gasteiger partial charge in [-0.05, 0) is 55.0 Å². The number of benzene rings is 1. The maximum absolute atomic E-state index is 13.2. The van der Waals surface area contributed by atoms with Gasteiger partial charge in [-0.2, -0.15) is 10.1 Å². The van der Waals surface area contributed by atoms with Gasteiger partial charge < -0.3 is 0 Å². The van der Waals surface area contributed by atoms with Crippen molar-refractivity contribution in [3.63, 3.8) is 0 Å². The number of amides is 1. The molecular weight excluding hydrogens is 438 g/mol. The predicted molar refractivity (Wildman–Crippen MR) is 148 cm³/mol. The maximum Gasteiger partial charge on any atom is 0.282 e. The highest BCUT2D eigenvalue weighted by atomic mass is 32.1. The molecule has 1 amide bonds. The molecule has 34 heavy (non-hydrogen) atoms. The van der Waals surface area contributed by atoms with E-state index in [0.717, 1.165) is 17.7 Å². The van der Waals surface area contributed by atoms with E-state index in [0.29, 0.717) is 28.0 Å². The lowest BCUT2D eigenvalue weighted by Crippen LogP contribution is -2.22. The normalized spacial score (nSPS) is 21.5. The summed E-state index contributed by atoms with van der Waals surface area (Å²) in [7, 11) is 0. The van der Waals surface area contributed by atoms with Gasteiger partial charge in [0.25, 0.3) is 5.91 Å². The number of anilines is 1. The predicted octanol–water partition coefficient (Wildman–Crippen LogP) is 7.91. The summed E-state index contributed by atoms with van der Waals surface area (Å²) in [6.07, 6.45) is 9.56. The van der Waals surface area contributed by atoms with Crippen LogP contribution in [0.4, 0.5) is 5.13 Å². The lowest BCUT2D eigenvalue weighted by molar-refractivity contribution is -0.114. The smallest absolute Gasteiger partial charge is 0.267 e. The van der Waals surface area contributed by atoms with Crippen molar-refractivity contribution in [2.45, 2.75) is 65.7 Å². The number of hydrogen-bond donors (Lipinski definition) is 0. The highest BCUT2D eigenvalue weighted by Gasteiger charge is 2.33. The third-order valence-electron chi connectivity index (χ3n) is 6.56. The van der Waals surface area contributed by atoms with Crippen molar-refractivity contribution in [2.24, 2.45) is 5.10 Å². The summed E-state index contributed by atoms with van der Waals surface area (Å²) >= 11 is 1.39. The van der Waals surface area contributed by atoms with Crippen LogP contribution in [0.5, 0.6) is 0 Å². The molecule has 1 aliphatic heterocycles. The topological polar surface area (TPSA) is 45.6 Å².